The summed E-state index contributed by atoms with van der Waals surface area (Å²) in [6, 6.07) is 9.13. The Hall–Kier alpha value is -2.72. The van der Waals surface area contributed by atoms with Gasteiger partial charge in [0.25, 0.3) is 0 Å². The van der Waals surface area contributed by atoms with Crippen LogP contribution in [0.15, 0.2) is 48.1 Å². The number of fused-ring (bicyclic) bond motifs is 1. The molecular formula is C41H61NO7Si2. The highest BCUT2D eigenvalue weighted by molar-refractivity contribution is 6.49. The Balaban J connectivity index is 1.70. The minimum Gasteiger partial charge on any atom is -0.477 e. The van der Waals surface area contributed by atoms with E-state index in [0.717, 1.165) is 12.0 Å². The van der Waals surface area contributed by atoms with Crippen LogP contribution in [0.4, 0.5) is 0 Å². The molecule has 9 atom stereocenters. The number of cyclic esters (lactones) is 1. The molecule has 0 amide bonds. The quantitative estimate of drug-likeness (QED) is 0.155. The maximum atomic E-state index is 14.1. The lowest BCUT2D eigenvalue weighted by Crippen LogP contribution is -2.58. The molecule has 1 aromatic rings. The van der Waals surface area contributed by atoms with E-state index in [4.69, 9.17) is 23.1 Å². The summed E-state index contributed by atoms with van der Waals surface area (Å²) in [4.78, 5) is 27.6. The van der Waals surface area contributed by atoms with Crippen LogP contribution in [0.5, 0.6) is 5.75 Å². The maximum absolute atomic E-state index is 14.1. The lowest BCUT2D eigenvalue weighted by atomic mass is 9.59. The predicted molar refractivity (Wildman–Crippen MR) is 204 cm³/mol. The van der Waals surface area contributed by atoms with Gasteiger partial charge in [-0.05, 0) is 92.7 Å². The Morgan fingerprint density at radius 2 is 1.75 bits per heavy atom. The van der Waals surface area contributed by atoms with E-state index in [1.54, 1.807) is 24.3 Å². The first-order valence-corrected chi connectivity index (χ1v) is 23.5. The summed E-state index contributed by atoms with van der Waals surface area (Å²) in [6.45, 7) is 25.7. The van der Waals surface area contributed by atoms with Crippen LogP contribution >= 0.6 is 0 Å². The van der Waals surface area contributed by atoms with E-state index < -0.39 is 48.0 Å². The molecule has 8 nitrogen and oxygen atoms in total. The predicted octanol–water partition coefficient (Wildman–Crippen LogP) is 8.84. The summed E-state index contributed by atoms with van der Waals surface area (Å²) >= 11 is 0. The highest BCUT2D eigenvalue weighted by Crippen LogP contribution is 2.53. The number of hydrogen-bond donors (Lipinski definition) is 0. The Morgan fingerprint density at radius 3 is 2.33 bits per heavy atom. The molecule has 0 spiro atoms. The number of nitriles is 1. The lowest BCUT2D eigenvalue weighted by molar-refractivity contribution is -0.180. The van der Waals surface area contributed by atoms with Gasteiger partial charge in [-0.1, -0.05) is 85.8 Å². The summed E-state index contributed by atoms with van der Waals surface area (Å²) < 4.78 is 32.3. The van der Waals surface area contributed by atoms with Gasteiger partial charge in [-0.25, -0.2) is 9.59 Å². The molecule has 1 aromatic carbocycles. The average molecular weight is 736 g/mol. The van der Waals surface area contributed by atoms with Crippen molar-refractivity contribution in [2.45, 2.75) is 144 Å². The molecule has 2 unspecified atom stereocenters. The summed E-state index contributed by atoms with van der Waals surface area (Å²) in [5, 5.41) is 9.65. The fourth-order valence-corrected chi connectivity index (χ4v) is 10.0. The molecule has 1 heterocycles. The van der Waals surface area contributed by atoms with Gasteiger partial charge in [-0.15, -0.1) is 0 Å². The van der Waals surface area contributed by atoms with Gasteiger partial charge in [-0.3, -0.25) is 0 Å². The molecule has 0 N–H and O–H groups in total. The minimum atomic E-state index is -1.23. The average Bonchev–Trinajstić information content (AvgIpc) is 3.03. The molecule has 10 heteroatoms. The van der Waals surface area contributed by atoms with E-state index in [1.807, 2.05) is 6.92 Å². The van der Waals surface area contributed by atoms with Gasteiger partial charge in [-0.2, -0.15) is 5.26 Å². The van der Waals surface area contributed by atoms with Crippen molar-refractivity contribution in [2.24, 2.45) is 34.5 Å². The van der Waals surface area contributed by atoms with Crippen molar-refractivity contribution < 1.29 is 32.7 Å². The van der Waals surface area contributed by atoms with Crippen LogP contribution in [0.25, 0.3) is 0 Å². The third kappa shape index (κ3) is 9.64. The fourth-order valence-electron chi connectivity index (χ4n) is 8.10. The van der Waals surface area contributed by atoms with Crippen molar-refractivity contribution in [3.63, 3.8) is 0 Å². The second-order valence-corrected chi connectivity index (χ2v) is 21.4. The molecule has 2 radical (unpaired) electrons. The number of ether oxygens (including phenoxy) is 3. The van der Waals surface area contributed by atoms with Gasteiger partial charge in [0.1, 0.15) is 30.1 Å². The molecule has 280 valence electrons. The van der Waals surface area contributed by atoms with E-state index in [2.05, 4.69) is 99.0 Å². The second kappa shape index (κ2) is 16.5. The fraction of sp³-hybridized carbons (Fsp3) is 0.683. The summed E-state index contributed by atoms with van der Waals surface area (Å²) in [5.74, 6) is -0.333. The van der Waals surface area contributed by atoms with E-state index >= 15 is 0 Å². The highest BCUT2D eigenvalue weighted by atomic mass is 28.3. The molecule has 0 aromatic heterocycles. The van der Waals surface area contributed by atoms with Crippen LogP contribution in [0.1, 0.15) is 93.1 Å². The topological polar surface area (TPSA) is 104 Å². The Morgan fingerprint density at radius 1 is 1.06 bits per heavy atom. The zero-order valence-electron chi connectivity index (χ0n) is 33.0. The first-order chi connectivity index (χ1) is 23.8. The number of carbonyl (C=O) groups excluding carboxylic acids is 2. The minimum absolute atomic E-state index is 0.0202. The van der Waals surface area contributed by atoms with Crippen molar-refractivity contribution >= 4 is 30.0 Å². The monoisotopic (exact) mass is 735 g/mol. The number of hydrogen-bond acceptors (Lipinski definition) is 8. The van der Waals surface area contributed by atoms with Crippen molar-refractivity contribution in [3.8, 4) is 11.8 Å². The van der Waals surface area contributed by atoms with Crippen LogP contribution in [0, 0.1) is 45.8 Å². The van der Waals surface area contributed by atoms with Gasteiger partial charge >= 0.3 is 11.9 Å². The van der Waals surface area contributed by atoms with Crippen LogP contribution in [0.2, 0.25) is 26.2 Å². The lowest BCUT2D eigenvalue weighted by Gasteiger charge is -2.54. The van der Waals surface area contributed by atoms with Gasteiger partial charge in [0, 0.05) is 17.8 Å². The normalized spacial score (nSPS) is 30.3. The zero-order valence-corrected chi connectivity index (χ0v) is 35.0. The Labute approximate surface area is 310 Å². The summed E-state index contributed by atoms with van der Waals surface area (Å²) in [7, 11) is -2.34. The van der Waals surface area contributed by atoms with Gasteiger partial charge in [0.05, 0.1) is 11.2 Å². The van der Waals surface area contributed by atoms with E-state index in [1.165, 1.54) is 0 Å². The van der Waals surface area contributed by atoms with Crippen molar-refractivity contribution in [1.29, 1.82) is 5.26 Å². The van der Waals surface area contributed by atoms with Gasteiger partial charge in [0.15, 0.2) is 6.10 Å². The molecule has 0 saturated carbocycles. The van der Waals surface area contributed by atoms with E-state index in [-0.39, 0.29) is 46.6 Å². The van der Waals surface area contributed by atoms with Gasteiger partial charge < -0.3 is 23.1 Å². The molecule has 1 aliphatic heterocycles. The molecule has 1 saturated heterocycles. The highest BCUT2D eigenvalue weighted by Gasteiger charge is 2.55. The molecule has 4 rings (SSSR count). The number of benzene rings is 1. The van der Waals surface area contributed by atoms with E-state index in [0.29, 0.717) is 37.0 Å². The number of esters is 2. The zero-order chi connectivity index (χ0) is 37.9. The van der Waals surface area contributed by atoms with Crippen LogP contribution in [-0.2, 0) is 27.9 Å². The first kappa shape index (κ1) is 41.0. The molecule has 1 fully saturated rings. The molecule has 2 aliphatic carbocycles. The molecule has 3 aliphatic rings. The maximum Gasteiger partial charge on any atom is 0.347 e. The summed E-state index contributed by atoms with van der Waals surface area (Å²) in [5.41, 5.74) is 0.631. The molecule has 0 bridgehead atoms. The number of allylic oxidation sites excluding steroid dienone is 2. The van der Waals surface area contributed by atoms with Crippen LogP contribution in [-0.4, -0.2) is 60.0 Å². The first-order valence-electron chi connectivity index (χ1n) is 18.7. The van der Waals surface area contributed by atoms with Gasteiger partial charge in [0.2, 0.25) is 18.1 Å². The third-order valence-corrected chi connectivity index (χ3v) is 12.4. The molecule has 51 heavy (non-hydrogen) atoms. The molecular weight excluding hydrogens is 675 g/mol. The van der Waals surface area contributed by atoms with E-state index in [9.17, 15) is 14.9 Å². The van der Waals surface area contributed by atoms with Crippen molar-refractivity contribution in [1.82, 2.24) is 0 Å². The number of rotatable bonds is 12. The van der Waals surface area contributed by atoms with Crippen molar-refractivity contribution in [2.75, 3.05) is 0 Å². The third-order valence-electron chi connectivity index (χ3n) is 10.9. The van der Waals surface area contributed by atoms with Crippen LogP contribution < -0.4 is 4.74 Å². The van der Waals surface area contributed by atoms with Crippen LogP contribution in [0.3, 0.4) is 0 Å². The standard InChI is InChI=1S/C41H61NO7Si2/c1-13-32(46-33-17-15-14-16-28(33)25-42)37(43)47-34-23-29(39(3,4)5)22-27-19-18-26(2)41(35(27)34,49-51(11)12)21-20-30-24-31(40(6,7)8)36(38(44)45-30)48-50(9)10/h14-19,22,26,29-32,34-36H,13,20-21,23-24H2,1-12H3/t26-,29+,30+,31-,32?,34-,35+,36?,41-/m0/s1. The largest absolute Gasteiger partial charge is 0.477 e. The SMILES string of the molecule is CCC(Oc1ccccc1C#N)C(=O)O[C@H]1C[C@H](C(C)(C)C)C=C2C=C[C@H](C)[C@](CC[C@@H]3C[C@H](C(C)(C)C)C(O[Si](C)C)C(=O)O3)(O[Si](C)C)[C@H]21. The smallest absolute Gasteiger partial charge is 0.347 e. The van der Waals surface area contributed by atoms with Crippen molar-refractivity contribution in [3.05, 3.63) is 53.6 Å². The summed E-state index contributed by atoms with van der Waals surface area (Å²) in [6.07, 6.45) is 7.70. The second-order valence-electron chi connectivity index (χ2n) is 17.3. The Kier molecular flexibility index (Phi) is 13.3. The number of para-hydroxylation sites is 1. The number of nitrogens with zero attached hydrogens (tertiary/aromatic N) is 1. The Bertz CT molecular complexity index is 1490. The number of carbonyl (C=O) groups is 2.